The number of hydrogen-bond acceptors (Lipinski definition) is 15. The maximum absolute atomic E-state index is 14.9. The van der Waals surface area contributed by atoms with E-state index in [2.05, 4.69) is 0 Å². The normalized spacial score (nSPS) is 19.9. The minimum absolute atomic E-state index is 0.0701. The molecule has 4 aromatic carbocycles. The second-order valence-corrected chi connectivity index (χ2v) is 17.4. The van der Waals surface area contributed by atoms with Gasteiger partial charge in [-0.1, -0.05) is 54.6 Å². The lowest BCUT2D eigenvalue weighted by Gasteiger charge is -2.48. The number of halogens is 1. The van der Waals surface area contributed by atoms with Gasteiger partial charge in [-0.25, -0.2) is 12.8 Å². The molecule has 1 aliphatic heterocycles. The van der Waals surface area contributed by atoms with E-state index in [1.807, 2.05) is 0 Å². The number of aromatic hydroxyl groups is 1. The fourth-order valence-electron chi connectivity index (χ4n) is 7.80. The van der Waals surface area contributed by atoms with E-state index in [1.54, 1.807) is 54.6 Å². The Balaban J connectivity index is 1.51. The molecule has 0 aromatic heterocycles. The summed E-state index contributed by atoms with van der Waals surface area (Å²) in [6.45, 7) is -1.14. The van der Waals surface area contributed by atoms with Gasteiger partial charge in [-0.3, -0.25) is 4.79 Å². The van der Waals surface area contributed by atoms with Gasteiger partial charge in [-0.05, 0) is 90.4 Å². The minimum atomic E-state index is -4.59. The van der Waals surface area contributed by atoms with Crippen molar-refractivity contribution in [1.29, 1.82) is 0 Å². The zero-order valence-electron chi connectivity index (χ0n) is 34.7. The lowest BCUT2D eigenvalue weighted by Crippen LogP contribution is -2.55. The standard InChI is InChI=1S/C45H56FNO15S/c1-60-37(42(55)41(54)36(20-22-49)62-45(61-2)43(56)40(53)35(52)19-21-48)25-63(58,59)38-24-28(27-7-6-10-31(50)23-27)13-16-32(38)39-33(44(57)47(39)30-8-4-3-5-9-30)17-18-34(51)26-11-14-29(46)15-12-26/h3-16,23-24,33-37,39-43,45,48-56H,17-22,25H2,1-2H3/t33-,34+,35-,36-,37+,39-,40?,41?,42-,43+,45+/m1/s1. The quantitative estimate of drug-likeness (QED) is 0.0361. The number of carbonyl (C=O) groups is 1. The number of para-hydroxylation sites is 1. The second kappa shape index (κ2) is 22.5. The average molecular weight is 902 g/mol. The molecule has 5 rings (SSSR count). The minimum Gasteiger partial charge on any atom is -0.508 e. The summed E-state index contributed by atoms with van der Waals surface area (Å²) in [7, 11) is -2.41. The number of phenols is 1. The van der Waals surface area contributed by atoms with Crippen LogP contribution in [-0.2, 0) is 28.8 Å². The van der Waals surface area contributed by atoms with Crippen LogP contribution in [0, 0.1) is 11.7 Å². The topological polar surface area (TPSA) is 264 Å². The Hall–Kier alpha value is -4.41. The van der Waals surface area contributed by atoms with Gasteiger partial charge in [0.2, 0.25) is 5.91 Å². The van der Waals surface area contributed by atoms with Crippen LogP contribution < -0.4 is 4.90 Å². The molecule has 16 nitrogen and oxygen atoms in total. The third-order valence-electron chi connectivity index (χ3n) is 11.3. The van der Waals surface area contributed by atoms with Gasteiger partial charge in [0.15, 0.2) is 16.1 Å². The molecule has 1 aliphatic rings. The van der Waals surface area contributed by atoms with Crippen molar-refractivity contribution < 1.29 is 77.8 Å². The van der Waals surface area contributed by atoms with Crippen molar-refractivity contribution in [1.82, 2.24) is 0 Å². The molecule has 1 fully saturated rings. The molecule has 0 radical (unpaired) electrons. The van der Waals surface area contributed by atoms with Gasteiger partial charge in [0, 0.05) is 33.1 Å². The van der Waals surface area contributed by atoms with E-state index >= 15 is 0 Å². The maximum Gasteiger partial charge on any atom is 0.233 e. The van der Waals surface area contributed by atoms with Crippen LogP contribution in [0.2, 0.25) is 0 Å². The molecule has 63 heavy (non-hydrogen) atoms. The Bertz CT molecular complexity index is 2180. The summed E-state index contributed by atoms with van der Waals surface area (Å²) >= 11 is 0. The Morgan fingerprint density at radius 2 is 1.37 bits per heavy atom. The van der Waals surface area contributed by atoms with E-state index in [-0.39, 0.29) is 47.8 Å². The molecular formula is C45H56FNO15S. The van der Waals surface area contributed by atoms with Gasteiger partial charge < -0.3 is 65.1 Å². The molecule has 0 aliphatic carbocycles. The number of β-lactam (4-membered cyclic amide) rings is 1. The third-order valence-corrected chi connectivity index (χ3v) is 13.1. The molecule has 0 bridgehead atoms. The summed E-state index contributed by atoms with van der Waals surface area (Å²) in [5.74, 6) is -2.70. The lowest BCUT2D eigenvalue weighted by atomic mass is 9.78. The van der Waals surface area contributed by atoms with Crippen molar-refractivity contribution in [3.05, 3.63) is 114 Å². The first kappa shape index (κ1) is 49.6. The van der Waals surface area contributed by atoms with E-state index in [0.717, 1.165) is 14.2 Å². The first-order valence-electron chi connectivity index (χ1n) is 20.4. The molecule has 344 valence electrons. The first-order valence-corrected chi connectivity index (χ1v) is 22.0. The van der Waals surface area contributed by atoms with E-state index in [4.69, 9.17) is 19.3 Å². The van der Waals surface area contributed by atoms with Crippen molar-refractivity contribution in [2.45, 2.75) is 91.7 Å². The Labute approximate surface area is 364 Å². The Morgan fingerprint density at radius 3 is 1.98 bits per heavy atom. The van der Waals surface area contributed by atoms with Crippen molar-refractivity contribution in [2.75, 3.05) is 38.1 Å². The van der Waals surface area contributed by atoms with Crippen molar-refractivity contribution in [2.24, 2.45) is 5.92 Å². The van der Waals surface area contributed by atoms with Crippen LogP contribution in [0.4, 0.5) is 10.1 Å². The number of ether oxygens (including phenoxy) is 3. The summed E-state index contributed by atoms with van der Waals surface area (Å²) in [6, 6.07) is 23.7. The highest BCUT2D eigenvalue weighted by Gasteiger charge is 2.50. The number of benzene rings is 4. The van der Waals surface area contributed by atoms with Crippen LogP contribution in [0.15, 0.2) is 102 Å². The predicted molar refractivity (Wildman–Crippen MR) is 226 cm³/mol. The number of carbonyl (C=O) groups excluding carboxylic acids is 1. The van der Waals surface area contributed by atoms with Gasteiger partial charge in [0.1, 0.15) is 36.0 Å². The molecule has 11 atom stereocenters. The first-order chi connectivity index (χ1) is 30.1. The lowest BCUT2D eigenvalue weighted by molar-refractivity contribution is -0.255. The number of sulfone groups is 1. The van der Waals surface area contributed by atoms with Crippen LogP contribution in [-0.4, -0.2) is 142 Å². The largest absolute Gasteiger partial charge is 0.508 e. The predicted octanol–water partition coefficient (Wildman–Crippen LogP) is 2.13. The fraction of sp³-hybridized carbons (Fsp3) is 0.444. The van der Waals surface area contributed by atoms with Crippen LogP contribution in [0.3, 0.4) is 0 Å². The van der Waals surface area contributed by atoms with Crippen LogP contribution in [0.25, 0.3) is 11.1 Å². The maximum atomic E-state index is 14.9. The number of hydrogen-bond donors (Lipinski definition) is 9. The van der Waals surface area contributed by atoms with Crippen LogP contribution in [0.5, 0.6) is 5.75 Å². The highest BCUT2D eigenvalue weighted by atomic mass is 32.2. The van der Waals surface area contributed by atoms with Crippen LogP contribution >= 0.6 is 0 Å². The number of nitrogens with zero attached hydrogens (tertiary/aromatic N) is 1. The molecule has 1 saturated heterocycles. The molecular weight excluding hydrogens is 846 g/mol. The van der Waals surface area contributed by atoms with E-state index in [1.165, 1.54) is 47.4 Å². The Kier molecular flexibility index (Phi) is 17.7. The number of rotatable bonds is 24. The molecule has 1 heterocycles. The SMILES string of the molecule is CO[C@@H](O[C@H](CCO)C(O)[C@H](O)[C@H](CS(=O)(=O)c1cc(-c2cccc(O)c2)ccc1[C@@H]1[C@@H](CC[C@H](O)c2ccc(F)cc2)C(=O)N1c1ccccc1)OC)[C@@H](O)C(O)[C@H](O)CCO. The number of aliphatic hydroxyl groups is 8. The zero-order chi connectivity index (χ0) is 46.0. The molecule has 0 spiro atoms. The van der Waals surface area contributed by atoms with E-state index in [0.29, 0.717) is 22.4 Å². The average Bonchev–Trinajstić information content (AvgIpc) is 3.28. The van der Waals surface area contributed by atoms with Crippen molar-refractivity contribution in [3.63, 3.8) is 0 Å². The van der Waals surface area contributed by atoms with Gasteiger partial charge in [0.25, 0.3) is 0 Å². The summed E-state index contributed by atoms with van der Waals surface area (Å²) < 4.78 is 59.6. The van der Waals surface area contributed by atoms with E-state index < -0.39 is 102 Å². The monoisotopic (exact) mass is 901 g/mol. The highest BCUT2D eigenvalue weighted by molar-refractivity contribution is 7.91. The van der Waals surface area contributed by atoms with Gasteiger partial charge in [0.05, 0.1) is 47.0 Å². The molecule has 2 unspecified atom stereocenters. The number of methoxy groups -OCH3 is 2. The van der Waals surface area contributed by atoms with Crippen molar-refractivity contribution in [3.8, 4) is 16.9 Å². The Morgan fingerprint density at radius 1 is 0.714 bits per heavy atom. The van der Waals surface area contributed by atoms with Gasteiger partial charge >= 0.3 is 0 Å². The van der Waals surface area contributed by atoms with E-state index in [9.17, 15) is 58.5 Å². The molecule has 4 aromatic rings. The second-order valence-electron chi connectivity index (χ2n) is 15.4. The zero-order valence-corrected chi connectivity index (χ0v) is 35.6. The van der Waals surface area contributed by atoms with Gasteiger partial charge in [-0.2, -0.15) is 0 Å². The number of aliphatic hydroxyl groups excluding tert-OH is 8. The van der Waals surface area contributed by atoms with Crippen LogP contribution in [0.1, 0.15) is 49.0 Å². The molecule has 0 saturated carbocycles. The molecule has 1 amide bonds. The summed E-state index contributed by atoms with van der Waals surface area (Å²) in [5, 5.41) is 94.4. The number of anilines is 1. The summed E-state index contributed by atoms with van der Waals surface area (Å²) in [4.78, 5) is 15.2. The fourth-order valence-corrected chi connectivity index (χ4v) is 9.60. The third kappa shape index (κ3) is 11.8. The molecule has 9 N–H and O–H groups in total. The summed E-state index contributed by atoms with van der Waals surface area (Å²) in [5.41, 5.74) is 1.91. The number of amides is 1. The highest BCUT2D eigenvalue weighted by Crippen LogP contribution is 2.49. The van der Waals surface area contributed by atoms with Gasteiger partial charge in [-0.15, -0.1) is 0 Å². The number of phenolic OH excluding ortho intramolecular Hbond substituents is 1. The van der Waals surface area contributed by atoms with Crippen molar-refractivity contribution >= 4 is 21.4 Å². The summed E-state index contributed by atoms with van der Waals surface area (Å²) in [6.07, 6.45) is -16.0. The smallest absolute Gasteiger partial charge is 0.233 e. The molecule has 18 heteroatoms.